The molecule has 0 spiro atoms. The first kappa shape index (κ1) is 22.5. The fraction of sp³-hybridized carbons (Fsp3) is 0.100. The van der Waals surface area contributed by atoms with Crippen LogP contribution in [0.4, 0.5) is 0 Å². The lowest BCUT2D eigenvalue weighted by Gasteiger charge is -2.08. The van der Waals surface area contributed by atoms with Crippen molar-refractivity contribution in [1.29, 1.82) is 0 Å². The summed E-state index contributed by atoms with van der Waals surface area (Å²) in [6.07, 6.45) is 0. The fourth-order valence-corrected chi connectivity index (χ4v) is 5.96. The van der Waals surface area contributed by atoms with Gasteiger partial charge in [-0.2, -0.15) is 0 Å². The van der Waals surface area contributed by atoms with E-state index in [0.29, 0.717) is 11.1 Å². The second-order valence-electron chi connectivity index (χ2n) is 7.22. The molecule has 1 aromatic heterocycles. The maximum absolute atomic E-state index is 12.8. The summed E-state index contributed by atoms with van der Waals surface area (Å²) in [5, 5.41) is 10.6. The zero-order valence-corrected chi connectivity index (χ0v) is 19.6. The molecule has 1 aliphatic rings. The first-order valence-corrected chi connectivity index (χ1v) is 13.6. The van der Waals surface area contributed by atoms with Crippen molar-refractivity contribution in [2.45, 2.75) is 23.6 Å². The largest absolute Gasteiger partial charge is 0.494 e. The lowest BCUT2D eigenvalue weighted by Crippen LogP contribution is -2.07. The van der Waals surface area contributed by atoms with Gasteiger partial charge >= 0.3 is 0 Å². The summed E-state index contributed by atoms with van der Waals surface area (Å²) in [7, 11) is 2.84. The number of aliphatic imine (C=N–C) groups is 1. The maximum Gasteiger partial charge on any atom is 0.280 e. The molecule has 0 saturated carbocycles. The van der Waals surface area contributed by atoms with E-state index >= 15 is 0 Å². The maximum atomic E-state index is 12.8. The van der Waals surface area contributed by atoms with Gasteiger partial charge in [0.25, 0.3) is 24.0 Å². The number of aromatic hydroxyl groups is 1. The zero-order valence-electron chi connectivity index (χ0n) is 16.5. The van der Waals surface area contributed by atoms with E-state index in [2.05, 4.69) is 9.98 Å². The first-order valence-electron chi connectivity index (χ1n) is 8.98. The molecular formula is C20H14Cl2N2O6S2. The van der Waals surface area contributed by atoms with E-state index in [9.17, 15) is 26.7 Å². The Labute approximate surface area is 192 Å². The van der Waals surface area contributed by atoms with E-state index in [0.717, 1.165) is 0 Å². The van der Waals surface area contributed by atoms with Crippen molar-refractivity contribution in [1.82, 2.24) is 4.98 Å². The Hall–Kier alpha value is -2.66. The Morgan fingerprint density at radius 2 is 1.56 bits per heavy atom. The second kappa shape index (κ2) is 7.45. The molecule has 2 N–H and O–H groups in total. The van der Waals surface area contributed by atoms with Crippen molar-refractivity contribution in [3.05, 3.63) is 64.2 Å². The van der Waals surface area contributed by atoms with E-state index in [4.69, 9.17) is 21.4 Å². The van der Waals surface area contributed by atoms with Gasteiger partial charge < -0.3 is 10.1 Å². The number of aryl methyl sites for hydroxylation is 2. The van der Waals surface area contributed by atoms with Gasteiger partial charge in [0.2, 0.25) is 0 Å². The number of amides is 1. The number of halogens is 2. The highest BCUT2D eigenvalue weighted by Crippen LogP contribution is 2.40. The highest BCUT2D eigenvalue weighted by molar-refractivity contribution is 8.14. The van der Waals surface area contributed by atoms with Crippen molar-refractivity contribution in [3.8, 4) is 17.1 Å². The van der Waals surface area contributed by atoms with Gasteiger partial charge in [-0.15, -0.1) is 0 Å². The Balaban J connectivity index is 1.95. The van der Waals surface area contributed by atoms with Crippen LogP contribution in [0, 0.1) is 13.8 Å². The van der Waals surface area contributed by atoms with E-state index in [1.165, 1.54) is 24.3 Å². The number of aromatic nitrogens is 1. The lowest BCUT2D eigenvalue weighted by molar-refractivity contribution is 0.101. The number of benzene rings is 2. The number of H-pyrrole nitrogens is 1. The summed E-state index contributed by atoms with van der Waals surface area (Å²) in [4.78, 5) is 19.0. The molecule has 0 atom stereocenters. The van der Waals surface area contributed by atoms with Crippen LogP contribution in [0.15, 0.2) is 51.2 Å². The number of hydrogen-bond donors (Lipinski definition) is 2. The third kappa shape index (κ3) is 3.73. The van der Waals surface area contributed by atoms with E-state index in [-0.39, 0.29) is 43.5 Å². The predicted molar refractivity (Wildman–Crippen MR) is 120 cm³/mol. The Morgan fingerprint density at radius 3 is 2.19 bits per heavy atom. The lowest BCUT2D eigenvalue weighted by atomic mass is 9.99. The molecule has 0 aliphatic carbocycles. The Kier molecular flexibility index (Phi) is 5.24. The van der Waals surface area contributed by atoms with Gasteiger partial charge in [0, 0.05) is 32.5 Å². The third-order valence-corrected chi connectivity index (χ3v) is 7.86. The number of carbonyl (C=O) groups is 1. The van der Waals surface area contributed by atoms with Crippen LogP contribution in [0.1, 0.15) is 32.6 Å². The Bertz CT molecular complexity index is 1570. The molecule has 1 aliphatic heterocycles. The fourth-order valence-electron chi connectivity index (χ4n) is 3.60. The smallest absolute Gasteiger partial charge is 0.280 e. The minimum Gasteiger partial charge on any atom is -0.494 e. The van der Waals surface area contributed by atoms with Crippen molar-refractivity contribution >= 4 is 51.1 Å². The molecule has 0 fully saturated rings. The van der Waals surface area contributed by atoms with Crippen LogP contribution in [0.2, 0.25) is 0 Å². The summed E-state index contributed by atoms with van der Waals surface area (Å²) in [5.74, 6) is -1.18. The summed E-state index contributed by atoms with van der Waals surface area (Å²) in [6, 6.07) is 8.74. The van der Waals surface area contributed by atoms with Gasteiger partial charge in [-0.1, -0.05) is 24.3 Å². The summed E-state index contributed by atoms with van der Waals surface area (Å²) >= 11 is 0. The van der Waals surface area contributed by atoms with Gasteiger partial charge in [-0.25, -0.2) is 21.8 Å². The van der Waals surface area contributed by atoms with E-state index in [1.54, 1.807) is 26.0 Å². The molecule has 2 aromatic carbocycles. The van der Waals surface area contributed by atoms with E-state index in [1.807, 2.05) is 0 Å². The molecule has 32 heavy (non-hydrogen) atoms. The van der Waals surface area contributed by atoms with Crippen molar-refractivity contribution < 1.29 is 26.7 Å². The number of nitrogens with one attached hydrogen (secondary N) is 1. The molecule has 0 bridgehead atoms. The predicted octanol–water partition coefficient (Wildman–Crippen LogP) is 3.85. The van der Waals surface area contributed by atoms with Crippen LogP contribution >= 0.6 is 21.4 Å². The summed E-state index contributed by atoms with van der Waals surface area (Å²) < 4.78 is 48.0. The van der Waals surface area contributed by atoms with Crippen LogP contribution in [-0.4, -0.2) is 38.5 Å². The quantitative estimate of drug-likeness (QED) is 0.509. The minimum absolute atomic E-state index is 0.00808. The number of aromatic amines is 1. The third-order valence-electron chi connectivity index (χ3n) is 5.04. The van der Waals surface area contributed by atoms with Gasteiger partial charge in [0.05, 0.1) is 32.3 Å². The topological polar surface area (TPSA) is 134 Å². The number of carbonyl (C=O) groups excluding carboxylic acids is 1. The molecule has 0 saturated heterocycles. The van der Waals surface area contributed by atoms with Gasteiger partial charge in [0.15, 0.2) is 5.88 Å². The van der Waals surface area contributed by atoms with E-state index < -0.39 is 29.9 Å². The molecule has 1 amide bonds. The van der Waals surface area contributed by atoms with Crippen molar-refractivity contribution in [3.63, 3.8) is 0 Å². The Morgan fingerprint density at radius 1 is 0.906 bits per heavy atom. The highest BCUT2D eigenvalue weighted by atomic mass is 35.7. The SMILES string of the molecule is Cc1ccc(C2=NC(=O)c3c(-c4ccc(C)c(S(=O)(=O)Cl)c4)[nH]c(O)c32)c(S(=O)(=O)Cl)c1. The summed E-state index contributed by atoms with van der Waals surface area (Å²) in [5.41, 5.74) is 1.34. The van der Waals surface area contributed by atoms with Gasteiger partial charge in [-0.05, 0) is 37.1 Å². The molecule has 0 unspecified atom stereocenters. The normalized spacial score (nSPS) is 13.9. The van der Waals surface area contributed by atoms with Crippen LogP contribution in [-0.2, 0) is 18.1 Å². The highest BCUT2D eigenvalue weighted by Gasteiger charge is 2.36. The number of hydrogen-bond acceptors (Lipinski definition) is 6. The molecule has 166 valence electrons. The average Bonchev–Trinajstić information content (AvgIpc) is 3.19. The average molecular weight is 513 g/mol. The number of rotatable bonds is 4. The monoisotopic (exact) mass is 512 g/mol. The van der Waals surface area contributed by atoms with Gasteiger partial charge in [0.1, 0.15) is 0 Å². The van der Waals surface area contributed by atoms with Crippen LogP contribution in [0.3, 0.4) is 0 Å². The molecular weight excluding hydrogens is 499 g/mol. The molecule has 2 heterocycles. The number of fused-ring (bicyclic) bond motifs is 1. The first-order chi connectivity index (χ1) is 14.8. The molecule has 0 radical (unpaired) electrons. The molecule has 8 nitrogen and oxygen atoms in total. The van der Waals surface area contributed by atoms with Gasteiger partial charge in [-0.3, -0.25) is 4.79 Å². The van der Waals surface area contributed by atoms with Crippen LogP contribution in [0.5, 0.6) is 5.88 Å². The minimum atomic E-state index is -4.19. The zero-order chi connectivity index (χ0) is 23.6. The number of nitrogens with zero attached hydrogens (tertiary/aromatic N) is 1. The molecule has 3 aromatic rings. The summed E-state index contributed by atoms with van der Waals surface area (Å²) in [6.45, 7) is 3.24. The standard InChI is InChI=1S/C20H14Cl2N2O6S2/c1-9-3-6-12(14(7-9)32(22,29)30)18-16-15(19(25)24-18)17(23-20(16)26)11-5-4-10(2)13(8-11)31(21,27)28/h3-8,23,26H,1-2H3. The van der Waals surface area contributed by atoms with Crippen LogP contribution in [0.25, 0.3) is 11.3 Å². The molecule has 4 rings (SSSR count). The van der Waals surface area contributed by atoms with Crippen molar-refractivity contribution in [2.24, 2.45) is 4.99 Å². The van der Waals surface area contributed by atoms with Crippen LogP contribution < -0.4 is 0 Å². The molecule has 12 heteroatoms. The second-order valence-corrected chi connectivity index (χ2v) is 12.3. The van der Waals surface area contributed by atoms with Crippen molar-refractivity contribution in [2.75, 3.05) is 0 Å².